The SMILES string of the molecule is CCNC(=NCc1cccc(OCCN2CCOCC2)c1)NCCCCOCC. The summed E-state index contributed by atoms with van der Waals surface area (Å²) in [5, 5.41) is 6.69. The minimum absolute atomic E-state index is 0.620. The monoisotopic (exact) mass is 406 g/mol. The second-order valence-electron chi connectivity index (χ2n) is 6.98. The standard InChI is InChI=1S/C22H38N4O3/c1-3-23-22(24-10-5-6-14-27-4-2)25-19-20-8-7-9-21(18-20)29-17-13-26-11-15-28-16-12-26/h7-9,18H,3-6,10-17,19H2,1-2H3,(H2,23,24,25). The molecule has 2 rings (SSSR count). The Hall–Kier alpha value is -1.83. The van der Waals surface area contributed by atoms with Crippen LogP contribution in [-0.4, -0.2) is 76.6 Å². The zero-order chi connectivity index (χ0) is 20.6. The van der Waals surface area contributed by atoms with E-state index in [0.717, 1.165) is 89.3 Å². The van der Waals surface area contributed by atoms with Crippen molar-refractivity contribution in [3.63, 3.8) is 0 Å². The molecule has 0 amide bonds. The second-order valence-corrected chi connectivity index (χ2v) is 6.98. The largest absolute Gasteiger partial charge is 0.492 e. The van der Waals surface area contributed by atoms with Gasteiger partial charge in [-0.15, -0.1) is 0 Å². The van der Waals surface area contributed by atoms with Crippen molar-refractivity contribution in [2.24, 2.45) is 4.99 Å². The zero-order valence-electron chi connectivity index (χ0n) is 18.1. The van der Waals surface area contributed by atoms with Crippen LogP contribution >= 0.6 is 0 Å². The van der Waals surface area contributed by atoms with Crippen LogP contribution in [0.1, 0.15) is 32.3 Å². The van der Waals surface area contributed by atoms with Crippen LogP contribution in [0.2, 0.25) is 0 Å². The van der Waals surface area contributed by atoms with Crippen molar-refractivity contribution in [1.82, 2.24) is 15.5 Å². The lowest BCUT2D eigenvalue weighted by Gasteiger charge is -2.26. The second kappa shape index (κ2) is 15.1. The molecule has 0 saturated carbocycles. The Labute approximate surface area is 175 Å². The Balaban J connectivity index is 1.73. The van der Waals surface area contributed by atoms with Crippen molar-refractivity contribution >= 4 is 5.96 Å². The third-order valence-electron chi connectivity index (χ3n) is 4.65. The minimum atomic E-state index is 0.620. The van der Waals surface area contributed by atoms with Crippen molar-refractivity contribution in [1.29, 1.82) is 0 Å². The summed E-state index contributed by atoms with van der Waals surface area (Å²) >= 11 is 0. The van der Waals surface area contributed by atoms with E-state index in [9.17, 15) is 0 Å². The molecule has 1 aromatic carbocycles. The number of guanidine groups is 1. The number of nitrogens with zero attached hydrogens (tertiary/aromatic N) is 2. The maximum atomic E-state index is 5.94. The van der Waals surface area contributed by atoms with Gasteiger partial charge in [0.2, 0.25) is 0 Å². The quantitative estimate of drug-likeness (QED) is 0.298. The van der Waals surface area contributed by atoms with Crippen LogP contribution < -0.4 is 15.4 Å². The first kappa shape index (κ1) is 23.4. The van der Waals surface area contributed by atoms with Gasteiger partial charge in [0.1, 0.15) is 12.4 Å². The number of unbranched alkanes of at least 4 members (excludes halogenated alkanes) is 1. The number of morpholine rings is 1. The Kier molecular flexibility index (Phi) is 12.2. The lowest BCUT2D eigenvalue weighted by molar-refractivity contribution is 0.0322. The highest BCUT2D eigenvalue weighted by molar-refractivity contribution is 5.79. The number of hydrogen-bond acceptors (Lipinski definition) is 5. The summed E-state index contributed by atoms with van der Waals surface area (Å²) in [6.45, 7) is 13.3. The molecule has 1 aliphatic rings. The van der Waals surface area contributed by atoms with Gasteiger partial charge in [-0.1, -0.05) is 12.1 Å². The third-order valence-corrected chi connectivity index (χ3v) is 4.65. The van der Waals surface area contributed by atoms with Gasteiger partial charge in [0.05, 0.1) is 19.8 Å². The molecule has 7 nitrogen and oxygen atoms in total. The Morgan fingerprint density at radius 3 is 2.79 bits per heavy atom. The summed E-state index contributed by atoms with van der Waals surface area (Å²) in [7, 11) is 0. The summed E-state index contributed by atoms with van der Waals surface area (Å²) < 4.78 is 16.7. The summed E-state index contributed by atoms with van der Waals surface area (Å²) in [6, 6.07) is 8.20. The maximum absolute atomic E-state index is 5.94. The highest BCUT2D eigenvalue weighted by Crippen LogP contribution is 2.14. The summed E-state index contributed by atoms with van der Waals surface area (Å²) in [5.74, 6) is 1.75. The van der Waals surface area contributed by atoms with Crippen LogP contribution in [0.3, 0.4) is 0 Å². The predicted octanol–water partition coefficient (Wildman–Crippen LogP) is 2.27. The topological polar surface area (TPSA) is 67.4 Å². The van der Waals surface area contributed by atoms with Crippen LogP contribution in [0.15, 0.2) is 29.3 Å². The molecule has 1 saturated heterocycles. The van der Waals surface area contributed by atoms with E-state index in [2.05, 4.69) is 34.6 Å². The number of nitrogens with one attached hydrogen (secondary N) is 2. The number of aliphatic imine (C=N–C) groups is 1. The average molecular weight is 407 g/mol. The lowest BCUT2D eigenvalue weighted by Crippen LogP contribution is -2.38. The van der Waals surface area contributed by atoms with E-state index in [1.807, 2.05) is 19.1 Å². The molecule has 0 radical (unpaired) electrons. The van der Waals surface area contributed by atoms with Crippen LogP contribution in [0, 0.1) is 0 Å². The molecule has 164 valence electrons. The zero-order valence-corrected chi connectivity index (χ0v) is 18.1. The Morgan fingerprint density at radius 2 is 2.00 bits per heavy atom. The van der Waals surface area contributed by atoms with Crippen molar-refractivity contribution in [3.8, 4) is 5.75 Å². The summed E-state index contributed by atoms with van der Waals surface area (Å²) in [4.78, 5) is 7.07. The van der Waals surface area contributed by atoms with Gasteiger partial charge in [-0.25, -0.2) is 4.99 Å². The molecule has 0 atom stereocenters. The molecule has 0 aromatic heterocycles. The Morgan fingerprint density at radius 1 is 1.14 bits per heavy atom. The minimum Gasteiger partial charge on any atom is -0.492 e. The van der Waals surface area contributed by atoms with Gasteiger partial charge in [-0.2, -0.15) is 0 Å². The third kappa shape index (κ3) is 10.5. The number of hydrogen-bond donors (Lipinski definition) is 2. The number of benzene rings is 1. The Bertz CT molecular complexity index is 577. The number of ether oxygens (including phenoxy) is 3. The van der Waals surface area contributed by atoms with Gasteiger partial charge in [0.25, 0.3) is 0 Å². The normalized spacial score (nSPS) is 15.3. The summed E-state index contributed by atoms with van der Waals surface area (Å²) in [6.07, 6.45) is 2.13. The molecular weight excluding hydrogens is 368 g/mol. The van der Waals surface area contributed by atoms with E-state index in [4.69, 9.17) is 19.2 Å². The lowest BCUT2D eigenvalue weighted by atomic mass is 10.2. The summed E-state index contributed by atoms with van der Waals surface area (Å²) in [5.41, 5.74) is 1.14. The first-order valence-electron chi connectivity index (χ1n) is 10.9. The molecule has 1 aromatic rings. The molecule has 0 bridgehead atoms. The molecule has 0 aliphatic carbocycles. The van der Waals surface area contributed by atoms with Crippen molar-refractivity contribution < 1.29 is 14.2 Å². The average Bonchev–Trinajstić information content (AvgIpc) is 2.75. The molecule has 1 aliphatic heterocycles. The van der Waals surface area contributed by atoms with E-state index < -0.39 is 0 Å². The maximum Gasteiger partial charge on any atom is 0.191 e. The van der Waals surface area contributed by atoms with Crippen molar-refractivity contribution in [2.45, 2.75) is 33.2 Å². The molecule has 29 heavy (non-hydrogen) atoms. The van der Waals surface area contributed by atoms with Crippen molar-refractivity contribution in [3.05, 3.63) is 29.8 Å². The van der Waals surface area contributed by atoms with Gasteiger partial charge in [-0.3, -0.25) is 4.90 Å². The van der Waals surface area contributed by atoms with Gasteiger partial charge >= 0.3 is 0 Å². The fraction of sp³-hybridized carbons (Fsp3) is 0.682. The molecule has 2 N–H and O–H groups in total. The van der Waals surface area contributed by atoms with Gasteiger partial charge in [0, 0.05) is 45.9 Å². The fourth-order valence-electron chi connectivity index (χ4n) is 3.04. The van der Waals surface area contributed by atoms with Crippen LogP contribution in [0.25, 0.3) is 0 Å². The first-order valence-corrected chi connectivity index (χ1v) is 10.9. The molecule has 1 fully saturated rings. The van der Waals surface area contributed by atoms with Gasteiger partial charge in [-0.05, 0) is 44.4 Å². The van der Waals surface area contributed by atoms with E-state index in [1.54, 1.807) is 0 Å². The molecule has 1 heterocycles. The van der Waals surface area contributed by atoms with Gasteiger partial charge in [0.15, 0.2) is 5.96 Å². The first-order chi connectivity index (χ1) is 14.3. The highest BCUT2D eigenvalue weighted by Gasteiger charge is 2.09. The molecular formula is C22H38N4O3. The van der Waals surface area contributed by atoms with E-state index in [1.165, 1.54) is 0 Å². The van der Waals surface area contributed by atoms with Crippen LogP contribution in [0.5, 0.6) is 5.75 Å². The van der Waals surface area contributed by atoms with Gasteiger partial charge < -0.3 is 24.8 Å². The predicted molar refractivity (Wildman–Crippen MR) is 118 cm³/mol. The van der Waals surface area contributed by atoms with Crippen molar-refractivity contribution in [2.75, 3.05) is 65.8 Å². The molecule has 0 unspecified atom stereocenters. The van der Waals surface area contributed by atoms with E-state index in [0.29, 0.717) is 13.2 Å². The van der Waals surface area contributed by atoms with E-state index >= 15 is 0 Å². The smallest absolute Gasteiger partial charge is 0.191 e. The van der Waals surface area contributed by atoms with Crippen LogP contribution in [0.4, 0.5) is 0 Å². The van der Waals surface area contributed by atoms with E-state index in [-0.39, 0.29) is 0 Å². The van der Waals surface area contributed by atoms with Crippen LogP contribution in [-0.2, 0) is 16.0 Å². The molecule has 0 spiro atoms. The highest BCUT2D eigenvalue weighted by atomic mass is 16.5. The number of rotatable bonds is 13. The molecule has 7 heteroatoms. The fourth-order valence-corrected chi connectivity index (χ4v) is 3.04.